The smallest absolute Gasteiger partial charge is 0.392 e. The molecule has 19 nitrogen and oxygen atoms in total. The average Bonchev–Trinajstić information content (AvgIpc) is 3.81. The quantitative estimate of drug-likeness (QED) is 0.0665. The fraction of sp³-hybridized carbons (Fsp3) is 0.451. The van der Waals surface area contributed by atoms with Gasteiger partial charge in [0.1, 0.15) is 17.1 Å². The first-order valence-electron chi connectivity index (χ1n) is 24.2. The normalized spacial score (nSPS) is 20.5. The third-order valence-corrected chi connectivity index (χ3v) is 15.2. The van der Waals surface area contributed by atoms with E-state index in [1.165, 1.54) is 21.9 Å². The Morgan fingerprint density at radius 2 is 1.79 bits per heavy atom. The number of benzene rings is 1. The van der Waals surface area contributed by atoms with Gasteiger partial charge in [-0.05, 0) is 113 Å². The minimum absolute atomic E-state index is 0.0255. The van der Waals surface area contributed by atoms with Crippen molar-refractivity contribution in [2.45, 2.75) is 104 Å². The molecule has 2 amide bonds. The number of pyridine rings is 2. The lowest BCUT2D eigenvalue weighted by Crippen LogP contribution is -2.58. The predicted octanol–water partition coefficient (Wildman–Crippen LogP) is 6.10. The van der Waals surface area contributed by atoms with E-state index < -0.39 is 25.6 Å². The van der Waals surface area contributed by atoms with Crippen LogP contribution in [0.3, 0.4) is 0 Å². The van der Waals surface area contributed by atoms with E-state index in [1.54, 1.807) is 62.6 Å². The number of hydrogen-bond acceptors (Lipinski definition) is 13. The number of hydrogen-bond donors (Lipinski definition) is 5. The number of aliphatic hydroxyl groups excluding tert-OH is 1. The van der Waals surface area contributed by atoms with Crippen LogP contribution in [0.5, 0.6) is 0 Å². The van der Waals surface area contributed by atoms with Gasteiger partial charge in [0.15, 0.2) is 5.82 Å². The van der Waals surface area contributed by atoms with E-state index >= 15 is 0 Å². The van der Waals surface area contributed by atoms with Crippen molar-refractivity contribution in [2.75, 3.05) is 58.1 Å². The van der Waals surface area contributed by atoms with Gasteiger partial charge < -0.3 is 44.5 Å². The molecule has 4 aromatic heterocycles. The number of piperidine rings is 1. The third-order valence-electron chi connectivity index (χ3n) is 14.5. The summed E-state index contributed by atoms with van der Waals surface area (Å²) in [5.74, 6) is -0.184. The number of piperazine rings is 1. The van der Waals surface area contributed by atoms with Gasteiger partial charge in [-0.25, -0.2) is 14.5 Å². The molecule has 1 aliphatic carbocycles. The molecule has 20 heteroatoms. The van der Waals surface area contributed by atoms with Crippen LogP contribution in [-0.4, -0.2) is 107 Å². The molecular formula is C51H64N11O8P. The first-order valence-corrected chi connectivity index (χ1v) is 25.7. The number of anilines is 6. The van der Waals surface area contributed by atoms with Crippen LogP contribution < -0.4 is 30.9 Å². The van der Waals surface area contributed by atoms with E-state index in [2.05, 4.69) is 74.1 Å². The Labute approximate surface area is 413 Å². The first-order chi connectivity index (χ1) is 33.6. The Hall–Kier alpha value is -6.21. The summed E-state index contributed by atoms with van der Waals surface area (Å²) in [5, 5.41) is 17.0. The van der Waals surface area contributed by atoms with Gasteiger partial charge in [0.05, 0.1) is 41.3 Å². The van der Waals surface area contributed by atoms with Crippen molar-refractivity contribution in [3.8, 4) is 11.3 Å². The molecule has 9 rings (SSSR count). The van der Waals surface area contributed by atoms with Crippen LogP contribution in [0, 0.1) is 5.41 Å². The summed E-state index contributed by atoms with van der Waals surface area (Å²) in [6.45, 7) is 19.4. The van der Waals surface area contributed by atoms with Crippen LogP contribution in [0.25, 0.3) is 11.3 Å². The zero-order chi connectivity index (χ0) is 50.7. The number of rotatable bonds is 13. The summed E-state index contributed by atoms with van der Waals surface area (Å²) >= 11 is 0. The minimum atomic E-state index is -4.71. The van der Waals surface area contributed by atoms with Crippen molar-refractivity contribution in [2.24, 2.45) is 12.5 Å². The van der Waals surface area contributed by atoms with Crippen LogP contribution in [0.1, 0.15) is 87.4 Å². The SMILES string of the molecule is C=CC(=O)Nc1cc(Nc2nc(-c3ccnc(N4CCn5c(cc6c5CC(C)(C)C6)C4=O)c3CO)cn(C)c2=O)ccc1N1CCN(C2CCN(c3ccc(C(C)(C)OP(=O)(O)O)nc3)[C@@H](C)C2)C[C@@H]1C. The Balaban J connectivity index is 0.897. The molecule has 3 atom stereocenters. The fourth-order valence-electron chi connectivity index (χ4n) is 11.1. The minimum Gasteiger partial charge on any atom is -0.392 e. The summed E-state index contributed by atoms with van der Waals surface area (Å²) in [6, 6.07) is 13.6. The van der Waals surface area contributed by atoms with E-state index in [-0.39, 0.29) is 35.1 Å². The van der Waals surface area contributed by atoms with Gasteiger partial charge in [-0.3, -0.25) is 33.7 Å². The van der Waals surface area contributed by atoms with Gasteiger partial charge in [0, 0.05) is 99.3 Å². The highest BCUT2D eigenvalue weighted by Crippen LogP contribution is 2.45. The molecule has 1 aromatic carbocycles. The second-order valence-corrected chi connectivity index (χ2v) is 21.8. The van der Waals surface area contributed by atoms with E-state index in [4.69, 9.17) is 9.51 Å². The number of carbonyl (C=O) groups excluding carboxylic acids is 2. The Bertz CT molecular complexity index is 3000. The number of nitrogens with zero attached hydrogens (tertiary/aromatic N) is 9. The molecule has 3 aliphatic heterocycles. The maximum absolute atomic E-state index is 14.1. The van der Waals surface area contributed by atoms with Crippen LogP contribution >= 0.6 is 7.82 Å². The Morgan fingerprint density at radius 1 is 1.00 bits per heavy atom. The number of aliphatic hydroxyl groups is 1. The van der Waals surface area contributed by atoms with E-state index in [1.807, 2.05) is 24.3 Å². The summed E-state index contributed by atoms with van der Waals surface area (Å²) in [6.07, 6.45) is 9.86. The molecule has 2 fully saturated rings. The molecular weight excluding hydrogens is 926 g/mol. The molecule has 376 valence electrons. The molecule has 4 aliphatic rings. The van der Waals surface area contributed by atoms with Gasteiger partial charge in [-0.1, -0.05) is 20.4 Å². The van der Waals surface area contributed by atoms with Gasteiger partial charge >= 0.3 is 7.82 Å². The highest BCUT2D eigenvalue weighted by Gasteiger charge is 2.39. The Kier molecular flexibility index (Phi) is 13.4. The van der Waals surface area contributed by atoms with Gasteiger partial charge in [0.2, 0.25) is 5.91 Å². The number of aryl methyl sites for hydroxylation is 1. The summed E-state index contributed by atoms with van der Waals surface area (Å²) in [7, 11) is -3.08. The Morgan fingerprint density at radius 3 is 2.48 bits per heavy atom. The number of phosphoric acid groups is 1. The lowest BCUT2D eigenvalue weighted by molar-refractivity contribution is -0.111. The lowest BCUT2D eigenvalue weighted by Gasteiger charge is -2.48. The standard InChI is InChI=1S/C51H64N11O8P/c1-9-45(64)55-39-24-34(10-12-41(39)60-19-18-58(28-32(60)3)35-15-17-59(31(2)22-35)36-11-13-44(53-27-36)51(6,7)70-71(67,68)69)54-46-49(66)57(8)29-40(56-46)37-14-16-52-47(38(37)30-63)62-21-20-61-42(48(62)65)23-33-25-50(4,5)26-43(33)61/h9-14,16,23-24,27,29,31-32,35,63H,1,15,17-22,25-26,28,30H2,2-8H3,(H,54,56)(H,55,64)(H2,67,68,69)/t31-,32-,35?/m0/s1. The number of fused-ring (bicyclic) bond motifs is 3. The molecule has 0 bridgehead atoms. The fourth-order valence-corrected chi connectivity index (χ4v) is 11.8. The number of phosphoric ester groups is 1. The number of aromatic nitrogens is 5. The molecule has 7 heterocycles. The van der Waals surface area contributed by atoms with E-state index in [0.29, 0.717) is 71.1 Å². The molecule has 0 radical (unpaired) electrons. The highest BCUT2D eigenvalue weighted by molar-refractivity contribution is 7.46. The molecule has 2 saturated heterocycles. The summed E-state index contributed by atoms with van der Waals surface area (Å²) < 4.78 is 20.1. The van der Waals surface area contributed by atoms with Crippen LogP contribution in [0.4, 0.5) is 34.4 Å². The molecule has 1 unspecified atom stereocenters. The van der Waals surface area contributed by atoms with Gasteiger partial charge in [-0.15, -0.1) is 0 Å². The zero-order valence-electron chi connectivity index (χ0n) is 41.4. The second-order valence-electron chi connectivity index (χ2n) is 20.6. The third kappa shape index (κ3) is 10.0. The second kappa shape index (κ2) is 19.1. The largest absolute Gasteiger partial charge is 0.470 e. The number of nitrogens with one attached hydrogen (secondary N) is 2. The monoisotopic (exact) mass is 989 g/mol. The van der Waals surface area contributed by atoms with Crippen molar-refractivity contribution in [1.82, 2.24) is 29.0 Å². The molecule has 0 spiro atoms. The average molecular weight is 990 g/mol. The molecule has 5 aromatic rings. The number of carbonyl (C=O) groups is 2. The van der Waals surface area contributed by atoms with Crippen LogP contribution in [-0.2, 0) is 52.5 Å². The summed E-state index contributed by atoms with van der Waals surface area (Å²) in [4.78, 5) is 82.1. The molecule has 0 saturated carbocycles. The lowest BCUT2D eigenvalue weighted by atomic mass is 9.90. The van der Waals surface area contributed by atoms with E-state index in [9.17, 15) is 33.8 Å². The maximum atomic E-state index is 14.1. The zero-order valence-corrected chi connectivity index (χ0v) is 42.3. The number of amides is 2. The summed E-state index contributed by atoms with van der Waals surface area (Å²) in [5.41, 5.74) is 6.13. The van der Waals surface area contributed by atoms with Crippen molar-refractivity contribution < 1.29 is 33.6 Å². The van der Waals surface area contributed by atoms with Gasteiger partial charge in [-0.2, -0.15) is 0 Å². The molecule has 5 N–H and O–H groups in total. The van der Waals surface area contributed by atoms with Crippen molar-refractivity contribution >= 4 is 54.0 Å². The van der Waals surface area contributed by atoms with Crippen molar-refractivity contribution in [3.05, 3.63) is 112 Å². The molecule has 71 heavy (non-hydrogen) atoms. The van der Waals surface area contributed by atoms with Crippen molar-refractivity contribution in [1.29, 1.82) is 0 Å². The predicted molar refractivity (Wildman–Crippen MR) is 273 cm³/mol. The van der Waals surface area contributed by atoms with E-state index in [0.717, 1.165) is 56.7 Å². The van der Waals surface area contributed by atoms with Crippen LogP contribution in [0.2, 0.25) is 0 Å². The van der Waals surface area contributed by atoms with Crippen LogP contribution in [0.15, 0.2) is 78.5 Å². The topological polar surface area (TPSA) is 224 Å². The highest BCUT2D eigenvalue weighted by atomic mass is 31.2. The maximum Gasteiger partial charge on any atom is 0.470 e. The van der Waals surface area contributed by atoms with Crippen molar-refractivity contribution in [3.63, 3.8) is 0 Å². The van der Waals surface area contributed by atoms with Gasteiger partial charge in [0.25, 0.3) is 11.5 Å². The first kappa shape index (κ1) is 49.8.